The Kier molecular flexibility index (Phi) is 4.67. The van der Waals surface area contributed by atoms with Crippen LogP contribution in [0.2, 0.25) is 5.02 Å². The van der Waals surface area contributed by atoms with Crippen LogP contribution < -0.4 is 15.4 Å². The number of benzene rings is 2. The lowest BCUT2D eigenvalue weighted by atomic mass is 9.96. The van der Waals surface area contributed by atoms with Gasteiger partial charge in [0.05, 0.1) is 7.11 Å². The number of urea groups is 1. The molecule has 2 N–H and O–H groups in total. The first-order valence-corrected chi connectivity index (χ1v) is 8.36. The molecule has 1 aliphatic carbocycles. The molecular weight excluding hydrogens is 324 g/mol. The smallest absolute Gasteiger partial charge is 0.319 e. The van der Waals surface area contributed by atoms with E-state index in [1.54, 1.807) is 13.2 Å². The summed E-state index contributed by atoms with van der Waals surface area (Å²) in [5.41, 5.74) is 3.00. The number of nitrogens with one attached hydrogen (secondary N) is 2. The Morgan fingerprint density at radius 2 is 1.92 bits per heavy atom. The van der Waals surface area contributed by atoms with Crippen molar-refractivity contribution in [1.29, 1.82) is 0 Å². The van der Waals surface area contributed by atoms with Crippen molar-refractivity contribution in [3.63, 3.8) is 0 Å². The Balaban J connectivity index is 1.59. The first-order valence-electron chi connectivity index (χ1n) is 7.98. The zero-order valence-corrected chi connectivity index (χ0v) is 14.6. The van der Waals surface area contributed by atoms with Crippen LogP contribution in [0.4, 0.5) is 10.5 Å². The van der Waals surface area contributed by atoms with Gasteiger partial charge in [-0.2, -0.15) is 0 Å². The molecule has 0 aromatic heterocycles. The number of carbonyl (C=O) groups excluding carboxylic acids is 1. The second-order valence-electron chi connectivity index (χ2n) is 6.28. The number of ether oxygens (including phenoxy) is 1. The monoisotopic (exact) mass is 344 g/mol. The van der Waals surface area contributed by atoms with Crippen LogP contribution in [0.5, 0.6) is 5.75 Å². The van der Waals surface area contributed by atoms with E-state index in [2.05, 4.69) is 22.8 Å². The molecule has 1 saturated carbocycles. The van der Waals surface area contributed by atoms with Gasteiger partial charge in [-0.1, -0.05) is 23.7 Å². The van der Waals surface area contributed by atoms with Crippen molar-refractivity contribution in [2.45, 2.75) is 25.2 Å². The summed E-state index contributed by atoms with van der Waals surface area (Å²) < 4.78 is 5.20. The molecular formula is C19H21ClN2O2. The summed E-state index contributed by atoms with van der Waals surface area (Å²) in [6, 6.07) is 13.3. The second kappa shape index (κ2) is 6.73. The highest BCUT2D eigenvalue weighted by atomic mass is 35.5. The minimum absolute atomic E-state index is 0.0542. The fraction of sp³-hybridized carbons (Fsp3) is 0.316. The minimum Gasteiger partial charge on any atom is -0.497 e. The number of hydrogen-bond donors (Lipinski definition) is 2. The highest BCUT2D eigenvalue weighted by Gasteiger charge is 2.44. The lowest BCUT2D eigenvalue weighted by Crippen LogP contribution is -2.35. The maximum Gasteiger partial charge on any atom is 0.319 e. The molecule has 2 aromatic rings. The summed E-state index contributed by atoms with van der Waals surface area (Å²) in [4.78, 5) is 12.2. The minimum atomic E-state index is -0.194. The zero-order chi connectivity index (χ0) is 17.2. The van der Waals surface area contributed by atoms with Gasteiger partial charge in [-0.05, 0) is 61.2 Å². The lowest BCUT2D eigenvalue weighted by Gasteiger charge is -2.18. The average molecular weight is 345 g/mol. The van der Waals surface area contributed by atoms with Crippen LogP contribution in [0.3, 0.4) is 0 Å². The normalized spacial score (nSPS) is 14.8. The van der Waals surface area contributed by atoms with Gasteiger partial charge in [0, 0.05) is 22.7 Å². The third-order valence-electron chi connectivity index (χ3n) is 4.58. The number of methoxy groups -OCH3 is 1. The first kappa shape index (κ1) is 16.7. The second-order valence-corrected chi connectivity index (χ2v) is 6.71. The number of halogens is 1. The van der Waals surface area contributed by atoms with Gasteiger partial charge in [0.1, 0.15) is 5.75 Å². The molecule has 0 bridgehead atoms. The van der Waals surface area contributed by atoms with Gasteiger partial charge in [-0.15, -0.1) is 0 Å². The molecule has 1 aliphatic rings. The molecule has 0 radical (unpaired) electrons. The highest BCUT2D eigenvalue weighted by molar-refractivity contribution is 6.30. The molecule has 2 amide bonds. The lowest BCUT2D eigenvalue weighted by molar-refractivity contribution is 0.251. The molecule has 0 unspecified atom stereocenters. The summed E-state index contributed by atoms with van der Waals surface area (Å²) in [5, 5.41) is 6.53. The third kappa shape index (κ3) is 3.65. The third-order valence-corrected chi connectivity index (χ3v) is 4.82. The maximum atomic E-state index is 12.2. The van der Waals surface area contributed by atoms with Crippen LogP contribution in [-0.4, -0.2) is 19.7 Å². The van der Waals surface area contributed by atoms with Crippen molar-refractivity contribution < 1.29 is 9.53 Å². The van der Waals surface area contributed by atoms with Crippen LogP contribution in [0.25, 0.3) is 0 Å². The molecule has 3 rings (SSSR count). The Labute approximate surface area is 147 Å². The van der Waals surface area contributed by atoms with E-state index in [-0.39, 0.29) is 11.4 Å². The molecule has 24 heavy (non-hydrogen) atoms. The van der Waals surface area contributed by atoms with Gasteiger partial charge in [0.25, 0.3) is 0 Å². The Hall–Kier alpha value is -2.20. The van der Waals surface area contributed by atoms with Gasteiger partial charge in [-0.25, -0.2) is 4.79 Å². The summed E-state index contributed by atoms with van der Waals surface area (Å²) in [7, 11) is 1.66. The largest absolute Gasteiger partial charge is 0.497 e. The number of amides is 2. The molecule has 2 aromatic carbocycles. The standard InChI is InChI=1S/C19H21ClN2O2/c1-13-11-15(20)5-8-17(13)22-18(23)21-12-19(9-10-19)14-3-6-16(24-2)7-4-14/h3-8,11H,9-10,12H2,1-2H3,(H2,21,22,23). The van der Waals surface area contributed by atoms with Crippen molar-refractivity contribution in [2.75, 3.05) is 19.0 Å². The molecule has 5 heteroatoms. The Morgan fingerprint density at radius 3 is 2.50 bits per heavy atom. The summed E-state index contributed by atoms with van der Waals surface area (Å²) in [5.74, 6) is 0.846. The van der Waals surface area contributed by atoms with E-state index in [1.165, 1.54) is 5.56 Å². The SMILES string of the molecule is COc1ccc(C2(CNC(=O)Nc3ccc(Cl)cc3C)CC2)cc1. The van der Waals surface area contributed by atoms with E-state index in [9.17, 15) is 4.79 Å². The van der Waals surface area contributed by atoms with Crippen molar-refractivity contribution in [3.8, 4) is 5.75 Å². The average Bonchev–Trinajstić information content (AvgIpc) is 3.37. The number of carbonyl (C=O) groups is 1. The Bertz CT molecular complexity index is 740. The van der Waals surface area contributed by atoms with Gasteiger partial charge in [0.2, 0.25) is 0 Å². The van der Waals surface area contributed by atoms with Gasteiger partial charge in [0.15, 0.2) is 0 Å². The fourth-order valence-corrected chi connectivity index (χ4v) is 3.07. The van der Waals surface area contributed by atoms with E-state index < -0.39 is 0 Å². The summed E-state index contributed by atoms with van der Waals surface area (Å²) in [6.45, 7) is 2.54. The fourth-order valence-electron chi connectivity index (χ4n) is 2.85. The van der Waals surface area contributed by atoms with Gasteiger partial charge < -0.3 is 15.4 Å². The predicted molar refractivity (Wildman–Crippen MR) is 97.1 cm³/mol. The molecule has 0 saturated heterocycles. The van der Waals surface area contributed by atoms with E-state index in [1.807, 2.05) is 31.2 Å². The van der Waals surface area contributed by atoms with Crippen LogP contribution in [0.1, 0.15) is 24.0 Å². The number of aryl methyl sites for hydroxylation is 1. The van der Waals surface area contributed by atoms with Crippen molar-refractivity contribution >= 4 is 23.3 Å². The van der Waals surface area contributed by atoms with E-state index >= 15 is 0 Å². The van der Waals surface area contributed by atoms with Gasteiger partial charge >= 0.3 is 6.03 Å². The van der Waals surface area contributed by atoms with Crippen molar-refractivity contribution in [1.82, 2.24) is 5.32 Å². The van der Waals surface area contributed by atoms with E-state index in [0.29, 0.717) is 11.6 Å². The summed E-state index contributed by atoms with van der Waals surface area (Å²) >= 11 is 5.93. The topological polar surface area (TPSA) is 50.4 Å². The van der Waals surface area contributed by atoms with E-state index in [4.69, 9.17) is 16.3 Å². The van der Waals surface area contributed by atoms with Crippen molar-refractivity contribution in [2.24, 2.45) is 0 Å². The number of hydrogen-bond acceptors (Lipinski definition) is 2. The highest BCUT2D eigenvalue weighted by Crippen LogP contribution is 2.47. The van der Waals surface area contributed by atoms with Crippen LogP contribution in [0, 0.1) is 6.92 Å². The van der Waals surface area contributed by atoms with Gasteiger partial charge in [-0.3, -0.25) is 0 Å². The van der Waals surface area contributed by atoms with E-state index in [0.717, 1.165) is 29.8 Å². The molecule has 0 heterocycles. The molecule has 4 nitrogen and oxygen atoms in total. The molecule has 1 fully saturated rings. The number of rotatable bonds is 5. The summed E-state index contributed by atoms with van der Waals surface area (Å²) in [6.07, 6.45) is 2.17. The zero-order valence-electron chi connectivity index (χ0n) is 13.9. The maximum absolute atomic E-state index is 12.2. The molecule has 0 spiro atoms. The molecule has 0 aliphatic heterocycles. The molecule has 126 valence electrons. The van der Waals surface area contributed by atoms with Crippen LogP contribution >= 0.6 is 11.6 Å². The Morgan fingerprint density at radius 1 is 1.21 bits per heavy atom. The predicted octanol–water partition coefficient (Wildman–Crippen LogP) is 4.51. The van der Waals surface area contributed by atoms with Crippen LogP contribution in [0.15, 0.2) is 42.5 Å². The molecule has 0 atom stereocenters. The van der Waals surface area contributed by atoms with Crippen LogP contribution in [-0.2, 0) is 5.41 Å². The quantitative estimate of drug-likeness (QED) is 0.838. The number of anilines is 1. The van der Waals surface area contributed by atoms with Crippen molar-refractivity contribution in [3.05, 3.63) is 58.6 Å². The first-order chi connectivity index (χ1) is 11.5.